The molecule has 0 spiro atoms. The van der Waals surface area contributed by atoms with Crippen LogP contribution in [0.4, 0.5) is 18.9 Å². The van der Waals surface area contributed by atoms with Crippen molar-refractivity contribution in [3.63, 3.8) is 0 Å². The minimum absolute atomic E-state index is 0.130. The average molecular weight is 584 g/mol. The number of carbonyl (C=O) groups excluding carboxylic acids is 1. The fraction of sp³-hybridized carbons (Fsp3) is 0.469. The maximum absolute atomic E-state index is 13.5. The Morgan fingerprint density at radius 2 is 1.86 bits per heavy atom. The van der Waals surface area contributed by atoms with Crippen LogP contribution in [0.2, 0.25) is 0 Å². The minimum Gasteiger partial charge on any atom is -0.490 e. The first-order valence-corrected chi connectivity index (χ1v) is 14.3. The molecule has 2 heterocycles. The van der Waals surface area contributed by atoms with E-state index in [1.165, 1.54) is 9.47 Å². The number of anilines is 1. The number of nitrogens with zero attached hydrogens (tertiary/aromatic N) is 3. The lowest BCUT2D eigenvalue weighted by Crippen LogP contribution is -2.40. The van der Waals surface area contributed by atoms with E-state index in [0.717, 1.165) is 36.9 Å². The highest BCUT2D eigenvalue weighted by Crippen LogP contribution is 2.27. The van der Waals surface area contributed by atoms with Crippen molar-refractivity contribution in [1.29, 1.82) is 0 Å². The molecule has 2 N–H and O–H groups in total. The molecule has 0 saturated carbocycles. The number of benzene rings is 2. The van der Waals surface area contributed by atoms with Crippen LogP contribution in [0.5, 0.6) is 5.75 Å². The number of piperidine rings is 1. The lowest BCUT2D eigenvalue weighted by molar-refractivity contribution is -0.140. The van der Waals surface area contributed by atoms with Crippen molar-refractivity contribution in [2.75, 3.05) is 46.1 Å². The molecule has 226 valence electrons. The van der Waals surface area contributed by atoms with Crippen molar-refractivity contribution < 1.29 is 22.7 Å². The fourth-order valence-electron chi connectivity index (χ4n) is 5.04. The molecule has 0 bridgehead atoms. The number of hydrogen-bond acceptors (Lipinski definition) is 5. The third kappa shape index (κ3) is 8.43. The number of carbonyl (C=O) groups is 1. The summed E-state index contributed by atoms with van der Waals surface area (Å²) in [6.07, 6.45) is -2.35. The Morgan fingerprint density at radius 3 is 2.52 bits per heavy atom. The van der Waals surface area contributed by atoms with Gasteiger partial charge in [-0.3, -0.25) is 4.79 Å². The second-order valence-electron chi connectivity index (χ2n) is 11.3. The summed E-state index contributed by atoms with van der Waals surface area (Å²) in [7, 11) is 5.47. The largest absolute Gasteiger partial charge is 0.490 e. The maximum Gasteiger partial charge on any atom is 0.406 e. The highest BCUT2D eigenvalue weighted by molar-refractivity contribution is 5.97. The molecule has 0 aliphatic carbocycles. The van der Waals surface area contributed by atoms with Gasteiger partial charge in [-0.05, 0) is 88.6 Å². The van der Waals surface area contributed by atoms with Crippen molar-refractivity contribution in [2.45, 2.75) is 58.1 Å². The second kappa shape index (κ2) is 13.5. The Balaban J connectivity index is 1.50. The van der Waals surface area contributed by atoms with Gasteiger partial charge in [-0.2, -0.15) is 13.2 Å². The smallest absolute Gasteiger partial charge is 0.406 e. The lowest BCUT2D eigenvalue weighted by Gasteiger charge is -2.29. The zero-order chi connectivity index (χ0) is 30.4. The number of nitrogens with one attached hydrogen (secondary N) is 2. The summed E-state index contributed by atoms with van der Waals surface area (Å²) >= 11 is 0. The molecule has 1 aliphatic heterocycles. The van der Waals surface area contributed by atoms with E-state index in [-0.39, 0.29) is 18.6 Å². The molecule has 0 unspecified atom stereocenters. The molecule has 10 heteroatoms. The SMILES string of the molecule is CC(C)Oc1cc(NCC#Cc2cc3cc(CNC4CCN(C)CC4)ccc3n2CC(F)(F)F)ccc1C(=O)N(C)C. The van der Waals surface area contributed by atoms with E-state index in [0.29, 0.717) is 40.8 Å². The molecule has 1 saturated heterocycles. The normalized spacial score (nSPS) is 14.6. The lowest BCUT2D eigenvalue weighted by atomic mass is 10.0. The molecule has 1 aromatic heterocycles. The van der Waals surface area contributed by atoms with Gasteiger partial charge in [-0.1, -0.05) is 12.0 Å². The van der Waals surface area contributed by atoms with Gasteiger partial charge in [0.1, 0.15) is 12.3 Å². The van der Waals surface area contributed by atoms with Crippen LogP contribution in [-0.4, -0.2) is 79.4 Å². The first-order chi connectivity index (χ1) is 19.9. The summed E-state index contributed by atoms with van der Waals surface area (Å²) in [6.45, 7) is 5.63. The summed E-state index contributed by atoms with van der Waals surface area (Å²) in [4.78, 5) is 16.3. The summed E-state index contributed by atoms with van der Waals surface area (Å²) in [5.41, 5.74) is 2.97. The molecule has 7 nitrogen and oxygen atoms in total. The summed E-state index contributed by atoms with van der Waals surface area (Å²) in [6, 6.07) is 12.9. The number of ether oxygens (including phenoxy) is 1. The molecule has 4 rings (SSSR count). The van der Waals surface area contributed by atoms with Crippen LogP contribution in [0.15, 0.2) is 42.5 Å². The molecule has 3 aromatic rings. The van der Waals surface area contributed by atoms with Crippen molar-refractivity contribution >= 4 is 22.5 Å². The van der Waals surface area contributed by atoms with Crippen molar-refractivity contribution in [2.24, 2.45) is 0 Å². The zero-order valence-electron chi connectivity index (χ0n) is 24.9. The van der Waals surface area contributed by atoms with Gasteiger partial charge in [-0.25, -0.2) is 0 Å². The quantitative estimate of drug-likeness (QED) is 0.333. The fourth-order valence-corrected chi connectivity index (χ4v) is 5.04. The van der Waals surface area contributed by atoms with Crippen LogP contribution in [0, 0.1) is 11.8 Å². The van der Waals surface area contributed by atoms with Gasteiger partial charge >= 0.3 is 6.18 Å². The van der Waals surface area contributed by atoms with E-state index < -0.39 is 12.7 Å². The third-order valence-electron chi connectivity index (χ3n) is 7.19. The number of rotatable bonds is 9. The first kappa shape index (κ1) is 31.3. The number of aromatic nitrogens is 1. The van der Waals surface area contributed by atoms with Crippen molar-refractivity contribution in [3.05, 3.63) is 59.3 Å². The molecule has 1 aliphatic rings. The van der Waals surface area contributed by atoms with E-state index in [1.54, 1.807) is 44.4 Å². The number of fused-ring (bicyclic) bond motifs is 1. The topological polar surface area (TPSA) is 61.8 Å². The van der Waals surface area contributed by atoms with Crippen LogP contribution < -0.4 is 15.4 Å². The first-order valence-electron chi connectivity index (χ1n) is 14.3. The molecular weight excluding hydrogens is 543 g/mol. The summed E-state index contributed by atoms with van der Waals surface area (Å²) in [5.74, 6) is 6.17. The van der Waals surface area contributed by atoms with E-state index >= 15 is 0 Å². The predicted octanol–water partition coefficient (Wildman–Crippen LogP) is 5.34. The summed E-state index contributed by atoms with van der Waals surface area (Å²) < 4.78 is 47.6. The van der Waals surface area contributed by atoms with E-state index in [9.17, 15) is 18.0 Å². The van der Waals surface area contributed by atoms with Gasteiger partial charge in [0.2, 0.25) is 0 Å². The molecule has 2 aromatic carbocycles. The van der Waals surface area contributed by atoms with E-state index in [2.05, 4.69) is 34.4 Å². The Hall–Kier alpha value is -3.68. The van der Waals surface area contributed by atoms with Gasteiger partial charge in [-0.15, -0.1) is 0 Å². The van der Waals surface area contributed by atoms with Gasteiger partial charge in [0.05, 0.1) is 23.9 Å². The maximum atomic E-state index is 13.5. The Labute approximate surface area is 246 Å². The molecule has 1 fully saturated rings. The van der Waals surface area contributed by atoms with Crippen LogP contribution in [0.1, 0.15) is 48.3 Å². The highest BCUT2D eigenvalue weighted by atomic mass is 19.4. The Morgan fingerprint density at radius 1 is 1.12 bits per heavy atom. The van der Waals surface area contributed by atoms with Crippen LogP contribution in [0.25, 0.3) is 10.9 Å². The number of hydrogen-bond donors (Lipinski definition) is 2. The molecule has 1 amide bonds. The second-order valence-corrected chi connectivity index (χ2v) is 11.3. The zero-order valence-corrected chi connectivity index (χ0v) is 24.9. The molecule has 42 heavy (non-hydrogen) atoms. The Bertz CT molecular complexity index is 1440. The van der Waals surface area contributed by atoms with Crippen molar-refractivity contribution in [1.82, 2.24) is 19.7 Å². The number of alkyl halides is 3. The standard InChI is InChI=1S/C32H40F3N5O2/c1-22(2)42-30-19-26(9-10-28(30)31(41)38(3)4)36-14-6-7-27-18-24-17-23(20-37-25-12-15-39(5)16-13-25)8-11-29(24)40(27)21-32(33,34)35/h8-11,17-19,22,25,36-37H,12-16,20-21H2,1-5H3. The number of likely N-dealkylation sites (tertiary alicyclic amines) is 1. The summed E-state index contributed by atoms with van der Waals surface area (Å²) in [5, 5.41) is 7.49. The van der Waals surface area contributed by atoms with Gasteiger partial charge in [0, 0.05) is 49.3 Å². The van der Waals surface area contributed by atoms with Crippen LogP contribution in [-0.2, 0) is 13.1 Å². The molecule has 0 radical (unpaired) electrons. The monoisotopic (exact) mass is 583 g/mol. The van der Waals surface area contributed by atoms with Crippen LogP contribution in [0.3, 0.4) is 0 Å². The van der Waals surface area contributed by atoms with E-state index in [1.807, 2.05) is 26.0 Å². The minimum atomic E-state index is -4.38. The predicted molar refractivity (Wildman–Crippen MR) is 161 cm³/mol. The van der Waals surface area contributed by atoms with Gasteiger partial charge in [0.25, 0.3) is 5.91 Å². The van der Waals surface area contributed by atoms with Crippen LogP contribution >= 0.6 is 0 Å². The van der Waals surface area contributed by atoms with E-state index in [4.69, 9.17) is 4.74 Å². The average Bonchev–Trinajstić information content (AvgIpc) is 3.25. The van der Waals surface area contributed by atoms with Crippen molar-refractivity contribution in [3.8, 4) is 17.6 Å². The Kier molecular flexibility index (Phi) is 10.1. The number of halogens is 3. The third-order valence-corrected chi connectivity index (χ3v) is 7.19. The highest BCUT2D eigenvalue weighted by Gasteiger charge is 2.29. The number of amides is 1. The molecule has 0 atom stereocenters. The van der Waals surface area contributed by atoms with Gasteiger partial charge in [0.15, 0.2) is 0 Å². The molecular formula is C32H40F3N5O2. The van der Waals surface area contributed by atoms with Gasteiger partial charge < -0.3 is 29.7 Å².